The van der Waals surface area contributed by atoms with Crippen LogP contribution in [0.15, 0.2) is 0 Å². The van der Waals surface area contributed by atoms with Crippen molar-refractivity contribution in [3.05, 3.63) is 0 Å². The Morgan fingerprint density at radius 1 is 1.00 bits per heavy atom. The Labute approximate surface area is 79.7 Å². The van der Waals surface area contributed by atoms with Crippen LogP contribution in [0.3, 0.4) is 0 Å². The Balaban J connectivity index is 2.12. The molecule has 2 aliphatic carbocycles. The zero-order chi connectivity index (χ0) is 9.47. The Kier molecular flexibility index (Phi) is 2.36. The first-order valence-corrected chi connectivity index (χ1v) is 6.71. The number of hydrogen-bond acceptors (Lipinski definition) is 2. The van der Waals surface area contributed by atoms with Gasteiger partial charge >= 0.3 is 0 Å². The van der Waals surface area contributed by atoms with Crippen LogP contribution >= 0.6 is 0 Å². The highest BCUT2D eigenvalue weighted by molar-refractivity contribution is 7.89. The van der Waals surface area contributed by atoms with Crippen LogP contribution in [0.2, 0.25) is 0 Å². The van der Waals surface area contributed by atoms with E-state index in [0.717, 1.165) is 19.3 Å². The molecule has 0 aromatic heterocycles. The molecule has 2 atom stereocenters. The van der Waals surface area contributed by atoms with Crippen LogP contribution in [-0.4, -0.2) is 13.7 Å². The molecular formula is C9H17NO2S. The molecule has 0 bridgehead atoms. The average Bonchev–Trinajstić information content (AvgIpc) is 2.85. The van der Waals surface area contributed by atoms with Crippen LogP contribution in [-0.2, 0) is 10.0 Å². The van der Waals surface area contributed by atoms with Gasteiger partial charge < -0.3 is 0 Å². The monoisotopic (exact) mass is 203 g/mol. The highest BCUT2D eigenvalue weighted by atomic mass is 32.2. The topological polar surface area (TPSA) is 60.2 Å². The van der Waals surface area contributed by atoms with Crippen molar-refractivity contribution in [1.29, 1.82) is 0 Å². The number of hydrogen-bond donors (Lipinski definition) is 1. The maximum atomic E-state index is 11.3. The third kappa shape index (κ3) is 2.05. The molecule has 0 aromatic carbocycles. The molecule has 2 fully saturated rings. The predicted octanol–water partition coefficient (Wildman–Crippen LogP) is 1.24. The lowest BCUT2D eigenvalue weighted by molar-refractivity contribution is 0.322. The second kappa shape index (κ2) is 3.24. The fourth-order valence-corrected chi connectivity index (χ4v) is 3.94. The largest absolute Gasteiger partial charge is 0.228 e. The van der Waals surface area contributed by atoms with Crippen molar-refractivity contribution in [2.24, 2.45) is 17.0 Å². The first kappa shape index (κ1) is 9.46. The summed E-state index contributed by atoms with van der Waals surface area (Å²) >= 11 is 0. The van der Waals surface area contributed by atoms with E-state index in [4.69, 9.17) is 5.14 Å². The van der Waals surface area contributed by atoms with E-state index in [1.165, 1.54) is 19.3 Å². The SMILES string of the molecule is NS(=O)(=O)C1CCCCC1C1CC1. The molecule has 0 amide bonds. The summed E-state index contributed by atoms with van der Waals surface area (Å²) in [6, 6.07) is 0. The van der Waals surface area contributed by atoms with Crippen molar-refractivity contribution in [3.63, 3.8) is 0 Å². The summed E-state index contributed by atoms with van der Waals surface area (Å²) in [4.78, 5) is 0. The number of rotatable bonds is 2. The molecular weight excluding hydrogens is 186 g/mol. The van der Waals surface area contributed by atoms with Gasteiger partial charge in [0.15, 0.2) is 0 Å². The fraction of sp³-hybridized carbons (Fsp3) is 1.00. The number of sulfonamides is 1. The second-order valence-corrected chi connectivity index (χ2v) is 6.20. The summed E-state index contributed by atoms with van der Waals surface area (Å²) < 4.78 is 22.6. The Bertz CT molecular complexity index is 282. The minimum Gasteiger partial charge on any atom is -0.228 e. The predicted molar refractivity (Wildman–Crippen MR) is 51.6 cm³/mol. The van der Waals surface area contributed by atoms with E-state index in [0.29, 0.717) is 11.8 Å². The van der Waals surface area contributed by atoms with Gasteiger partial charge in [-0.25, -0.2) is 13.6 Å². The molecule has 2 N–H and O–H groups in total. The normalized spacial score (nSPS) is 36.1. The molecule has 2 unspecified atom stereocenters. The van der Waals surface area contributed by atoms with Crippen LogP contribution in [0, 0.1) is 11.8 Å². The standard InChI is InChI=1S/C9H17NO2S/c10-13(11,12)9-4-2-1-3-8(9)7-5-6-7/h7-9H,1-6H2,(H2,10,11,12). The molecule has 2 rings (SSSR count). The van der Waals surface area contributed by atoms with E-state index >= 15 is 0 Å². The summed E-state index contributed by atoms with van der Waals surface area (Å²) in [5.41, 5.74) is 0. The van der Waals surface area contributed by atoms with E-state index in [1.807, 2.05) is 0 Å². The lowest BCUT2D eigenvalue weighted by atomic mass is 9.85. The van der Waals surface area contributed by atoms with E-state index in [-0.39, 0.29) is 5.25 Å². The molecule has 0 aliphatic heterocycles. The van der Waals surface area contributed by atoms with Gasteiger partial charge in [0.25, 0.3) is 0 Å². The van der Waals surface area contributed by atoms with Crippen LogP contribution in [0.1, 0.15) is 38.5 Å². The van der Waals surface area contributed by atoms with Gasteiger partial charge in [0, 0.05) is 0 Å². The van der Waals surface area contributed by atoms with Crippen LogP contribution in [0.5, 0.6) is 0 Å². The molecule has 3 nitrogen and oxygen atoms in total. The summed E-state index contributed by atoms with van der Waals surface area (Å²) in [6.45, 7) is 0. The van der Waals surface area contributed by atoms with Crippen LogP contribution < -0.4 is 5.14 Å². The van der Waals surface area contributed by atoms with Gasteiger partial charge in [0.05, 0.1) is 5.25 Å². The minimum atomic E-state index is -3.28. The van der Waals surface area contributed by atoms with Gasteiger partial charge in [-0.3, -0.25) is 0 Å². The Morgan fingerprint density at radius 3 is 2.15 bits per heavy atom. The first-order valence-electron chi connectivity index (χ1n) is 5.10. The van der Waals surface area contributed by atoms with Gasteiger partial charge in [-0.15, -0.1) is 0 Å². The van der Waals surface area contributed by atoms with E-state index in [1.54, 1.807) is 0 Å². The van der Waals surface area contributed by atoms with E-state index < -0.39 is 10.0 Å². The van der Waals surface area contributed by atoms with Gasteiger partial charge in [0.2, 0.25) is 10.0 Å². The summed E-state index contributed by atoms with van der Waals surface area (Å²) in [5, 5.41) is 5.01. The summed E-state index contributed by atoms with van der Waals surface area (Å²) in [7, 11) is -3.28. The lowest BCUT2D eigenvalue weighted by Crippen LogP contribution is -2.38. The number of primary sulfonamides is 1. The van der Waals surface area contributed by atoms with Crippen molar-refractivity contribution < 1.29 is 8.42 Å². The fourth-order valence-electron chi connectivity index (χ4n) is 2.60. The number of nitrogens with two attached hydrogens (primary N) is 1. The zero-order valence-electron chi connectivity index (χ0n) is 7.78. The average molecular weight is 203 g/mol. The molecule has 0 saturated heterocycles. The van der Waals surface area contributed by atoms with Crippen molar-refractivity contribution in [2.75, 3.05) is 0 Å². The van der Waals surface area contributed by atoms with E-state index in [9.17, 15) is 8.42 Å². The third-order valence-corrected chi connectivity index (χ3v) is 4.83. The summed E-state index contributed by atoms with van der Waals surface area (Å²) in [6.07, 6.45) is 6.52. The molecule has 4 heteroatoms. The van der Waals surface area contributed by atoms with Crippen LogP contribution in [0.4, 0.5) is 0 Å². The highest BCUT2D eigenvalue weighted by Gasteiger charge is 2.42. The molecule has 76 valence electrons. The zero-order valence-corrected chi connectivity index (χ0v) is 8.59. The molecule has 2 saturated carbocycles. The molecule has 13 heavy (non-hydrogen) atoms. The first-order chi connectivity index (χ1) is 6.09. The van der Waals surface area contributed by atoms with Gasteiger partial charge in [-0.1, -0.05) is 12.8 Å². The third-order valence-electron chi connectivity index (χ3n) is 3.40. The van der Waals surface area contributed by atoms with Gasteiger partial charge in [-0.2, -0.15) is 0 Å². The molecule has 0 aromatic rings. The van der Waals surface area contributed by atoms with Gasteiger partial charge in [-0.05, 0) is 37.5 Å². The maximum absolute atomic E-state index is 11.3. The molecule has 0 heterocycles. The van der Waals surface area contributed by atoms with Crippen molar-refractivity contribution in [2.45, 2.75) is 43.8 Å². The Morgan fingerprint density at radius 2 is 1.62 bits per heavy atom. The van der Waals surface area contributed by atoms with Crippen molar-refractivity contribution in [3.8, 4) is 0 Å². The minimum absolute atomic E-state index is 0.228. The van der Waals surface area contributed by atoms with Crippen molar-refractivity contribution >= 4 is 10.0 Å². The molecule has 0 spiro atoms. The van der Waals surface area contributed by atoms with Crippen molar-refractivity contribution in [1.82, 2.24) is 0 Å². The van der Waals surface area contributed by atoms with E-state index in [2.05, 4.69) is 0 Å². The Hall–Kier alpha value is -0.0900. The molecule has 0 radical (unpaired) electrons. The maximum Gasteiger partial charge on any atom is 0.212 e. The second-order valence-electron chi connectivity index (χ2n) is 4.41. The quantitative estimate of drug-likeness (QED) is 0.734. The highest BCUT2D eigenvalue weighted by Crippen LogP contribution is 2.45. The smallest absolute Gasteiger partial charge is 0.212 e. The summed E-state index contributed by atoms with van der Waals surface area (Å²) in [5.74, 6) is 1.05. The van der Waals surface area contributed by atoms with Crippen LogP contribution in [0.25, 0.3) is 0 Å². The lowest BCUT2D eigenvalue weighted by Gasteiger charge is -2.29. The van der Waals surface area contributed by atoms with Gasteiger partial charge in [0.1, 0.15) is 0 Å². The molecule has 2 aliphatic rings.